The quantitative estimate of drug-likeness (QED) is 0.703. The van der Waals surface area contributed by atoms with Crippen LogP contribution in [0.15, 0.2) is 42.5 Å². The van der Waals surface area contributed by atoms with Crippen molar-refractivity contribution in [1.29, 1.82) is 0 Å². The summed E-state index contributed by atoms with van der Waals surface area (Å²) in [7, 11) is -3.60. The van der Waals surface area contributed by atoms with E-state index in [9.17, 15) is 13.2 Å². The molecular weight excluding hydrogens is 364 g/mol. The number of aryl methyl sites for hydroxylation is 3. The van der Waals surface area contributed by atoms with Crippen molar-refractivity contribution < 1.29 is 17.9 Å². The summed E-state index contributed by atoms with van der Waals surface area (Å²) in [6, 6.07) is 13.1. The normalized spacial score (nSPS) is 11.1. The highest BCUT2D eigenvalue weighted by atomic mass is 32.2. The van der Waals surface area contributed by atoms with E-state index in [1.54, 1.807) is 0 Å². The molecule has 7 heteroatoms. The maximum absolute atomic E-state index is 12.3. The highest BCUT2D eigenvalue weighted by Gasteiger charge is 2.23. The molecule has 0 unspecified atom stereocenters. The van der Waals surface area contributed by atoms with E-state index in [4.69, 9.17) is 4.74 Å². The second-order valence-electron chi connectivity index (χ2n) is 6.47. The van der Waals surface area contributed by atoms with Gasteiger partial charge in [0.15, 0.2) is 0 Å². The van der Waals surface area contributed by atoms with Gasteiger partial charge < -0.3 is 10.1 Å². The summed E-state index contributed by atoms with van der Waals surface area (Å²) < 4.78 is 31.3. The van der Waals surface area contributed by atoms with Crippen molar-refractivity contribution in [1.82, 2.24) is 5.32 Å². The van der Waals surface area contributed by atoms with Crippen LogP contribution in [0, 0.1) is 20.8 Å². The van der Waals surface area contributed by atoms with Crippen LogP contribution in [0.3, 0.4) is 0 Å². The van der Waals surface area contributed by atoms with Crippen LogP contribution in [0.5, 0.6) is 5.75 Å². The molecule has 27 heavy (non-hydrogen) atoms. The van der Waals surface area contributed by atoms with Gasteiger partial charge in [0.05, 0.1) is 18.5 Å². The fraction of sp³-hybridized carbons (Fsp3) is 0.350. The molecule has 0 aromatic heterocycles. The molecule has 1 N–H and O–H groups in total. The lowest BCUT2D eigenvalue weighted by Gasteiger charge is -2.25. The number of benzene rings is 2. The predicted molar refractivity (Wildman–Crippen MR) is 108 cm³/mol. The van der Waals surface area contributed by atoms with Gasteiger partial charge >= 0.3 is 0 Å². The minimum Gasteiger partial charge on any atom is -0.491 e. The number of hydrogen-bond acceptors (Lipinski definition) is 4. The summed E-state index contributed by atoms with van der Waals surface area (Å²) in [4.78, 5) is 12.3. The first kappa shape index (κ1) is 20.8. The minimum atomic E-state index is -3.60. The number of hydrogen-bond donors (Lipinski definition) is 1. The Morgan fingerprint density at radius 3 is 2.19 bits per heavy atom. The fourth-order valence-electron chi connectivity index (χ4n) is 2.82. The Morgan fingerprint density at radius 2 is 1.59 bits per heavy atom. The van der Waals surface area contributed by atoms with Crippen LogP contribution in [-0.2, 0) is 14.8 Å². The number of nitrogens with one attached hydrogen (secondary N) is 1. The third-order valence-corrected chi connectivity index (χ3v) is 5.26. The number of amides is 1. The second kappa shape index (κ2) is 8.90. The van der Waals surface area contributed by atoms with Gasteiger partial charge in [-0.1, -0.05) is 36.4 Å². The summed E-state index contributed by atoms with van der Waals surface area (Å²) >= 11 is 0. The molecule has 0 spiro atoms. The molecule has 146 valence electrons. The molecule has 0 atom stereocenters. The van der Waals surface area contributed by atoms with Gasteiger partial charge in [0.25, 0.3) is 0 Å². The molecule has 0 saturated carbocycles. The van der Waals surface area contributed by atoms with Crippen LogP contribution in [0.1, 0.15) is 16.7 Å². The molecule has 0 fully saturated rings. The lowest BCUT2D eigenvalue weighted by atomic mass is 10.1. The SMILES string of the molecule is Cc1ccccc1OCCNC(=O)CN(c1c(C)cccc1C)S(C)(=O)=O. The highest BCUT2D eigenvalue weighted by Crippen LogP contribution is 2.26. The number of carbonyl (C=O) groups excluding carboxylic acids is 1. The van der Waals surface area contributed by atoms with Crippen LogP contribution < -0.4 is 14.4 Å². The van der Waals surface area contributed by atoms with Gasteiger partial charge in [0.1, 0.15) is 18.9 Å². The molecule has 0 saturated heterocycles. The molecule has 2 rings (SSSR count). The first-order valence-electron chi connectivity index (χ1n) is 8.69. The first-order valence-corrected chi connectivity index (χ1v) is 10.5. The zero-order chi connectivity index (χ0) is 20.0. The van der Waals surface area contributed by atoms with Gasteiger partial charge in [-0.2, -0.15) is 0 Å². The number of carbonyl (C=O) groups is 1. The lowest BCUT2D eigenvalue weighted by molar-refractivity contribution is -0.119. The molecule has 2 aromatic rings. The van der Waals surface area contributed by atoms with Crippen molar-refractivity contribution in [2.45, 2.75) is 20.8 Å². The molecular formula is C20H26N2O4S. The fourth-order valence-corrected chi connectivity index (χ4v) is 3.79. The standard InChI is InChI=1S/C20H26N2O4S/c1-15-8-5-6-11-18(15)26-13-12-21-19(23)14-22(27(4,24)25)20-16(2)9-7-10-17(20)3/h5-11H,12-14H2,1-4H3,(H,21,23). The Morgan fingerprint density at radius 1 is 1.00 bits per heavy atom. The topological polar surface area (TPSA) is 75.7 Å². The van der Waals surface area contributed by atoms with Crippen molar-refractivity contribution in [3.63, 3.8) is 0 Å². The zero-order valence-corrected chi connectivity index (χ0v) is 17.0. The van der Waals surface area contributed by atoms with E-state index in [1.165, 1.54) is 0 Å². The number of ether oxygens (including phenoxy) is 1. The monoisotopic (exact) mass is 390 g/mol. The van der Waals surface area contributed by atoms with Gasteiger partial charge in [-0.15, -0.1) is 0 Å². The third kappa shape index (κ3) is 5.72. The molecule has 0 aliphatic carbocycles. The van der Waals surface area contributed by atoms with Gasteiger partial charge in [0, 0.05) is 0 Å². The Bertz CT molecular complexity index is 890. The average Bonchev–Trinajstić information content (AvgIpc) is 2.58. The molecule has 2 aromatic carbocycles. The molecule has 0 aliphatic heterocycles. The van der Waals surface area contributed by atoms with Gasteiger partial charge in [-0.3, -0.25) is 9.10 Å². The largest absolute Gasteiger partial charge is 0.491 e. The number of anilines is 1. The average molecular weight is 391 g/mol. The molecule has 0 aliphatic rings. The van der Waals surface area contributed by atoms with Gasteiger partial charge in [-0.25, -0.2) is 8.42 Å². The van der Waals surface area contributed by atoms with Crippen molar-refractivity contribution in [3.05, 3.63) is 59.2 Å². The Balaban J connectivity index is 1.98. The van der Waals surface area contributed by atoms with Gasteiger partial charge in [0.2, 0.25) is 15.9 Å². The number of para-hydroxylation sites is 2. The number of rotatable bonds is 8. The van der Waals surface area contributed by atoms with E-state index in [1.807, 2.05) is 63.2 Å². The molecule has 0 heterocycles. The van der Waals surface area contributed by atoms with Crippen molar-refractivity contribution >= 4 is 21.6 Å². The lowest BCUT2D eigenvalue weighted by Crippen LogP contribution is -2.42. The summed E-state index contributed by atoms with van der Waals surface area (Å²) in [5, 5.41) is 2.71. The summed E-state index contributed by atoms with van der Waals surface area (Å²) in [5.41, 5.74) is 3.17. The minimum absolute atomic E-state index is 0.269. The predicted octanol–water partition coefficient (Wildman–Crippen LogP) is 2.57. The van der Waals surface area contributed by atoms with Crippen molar-refractivity contribution in [3.8, 4) is 5.75 Å². The Hall–Kier alpha value is -2.54. The summed E-state index contributed by atoms with van der Waals surface area (Å²) in [6.45, 7) is 5.93. The Kier molecular flexibility index (Phi) is 6.85. The van der Waals surface area contributed by atoms with E-state index in [2.05, 4.69) is 5.32 Å². The van der Waals surface area contributed by atoms with Crippen LogP contribution in [0.25, 0.3) is 0 Å². The molecule has 0 radical (unpaired) electrons. The molecule has 0 bridgehead atoms. The van der Waals surface area contributed by atoms with Gasteiger partial charge in [-0.05, 0) is 43.5 Å². The van der Waals surface area contributed by atoms with E-state index in [-0.39, 0.29) is 19.0 Å². The Labute approximate surface area is 161 Å². The summed E-state index contributed by atoms with van der Waals surface area (Å²) in [6.07, 6.45) is 1.10. The number of sulfonamides is 1. The smallest absolute Gasteiger partial charge is 0.240 e. The third-order valence-electron chi connectivity index (χ3n) is 4.15. The zero-order valence-electron chi connectivity index (χ0n) is 16.2. The van der Waals surface area contributed by atoms with Crippen LogP contribution in [-0.4, -0.2) is 40.3 Å². The summed E-state index contributed by atoms with van der Waals surface area (Å²) in [5.74, 6) is 0.386. The maximum Gasteiger partial charge on any atom is 0.240 e. The molecule has 6 nitrogen and oxygen atoms in total. The number of nitrogens with zero attached hydrogens (tertiary/aromatic N) is 1. The van der Waals surface area contributed by atoms with E-state index in [0.29, 0.717) is 12.3 Å². The van der Waals surface area contributed by atoms with Crippen LogP contribution >= 0.6 is 0 Å². The van der Waals surface area contributed by atoms with E-state index < -0.39 is 10.0 Å². The van der Waals surface area contributed by atoms with Crippen molar-refractivity contribution in [2.75, 3.05) is 30.3 Å². The maximum atomic E-state index is 12.3. The van der Waals surface area contributed by atoms with Crippen molar-refractivity contribution in [2.24, 2.45) is 0 Å². The molecule has 1 amide bonds. The second-order valence-corrected chi connectivity index (χ2v) is 8.38. The van der Waals surface area contributed by atoms with E-state index in [0.717, 1.165) is 33.0 Å². The highest BCUT2D eigenvalue weighted by molar-refractivity contribution is 7.92. The van der Waals surface area contributed by atoms with Crippen LogP contribution in [0.4, 0.5) is 5.69 Å². The van der Waals surface area contributed by atoms with Crippen LogP contribution in [0.2, 0.25) is 0 Å². The van der Waals surface area contributed by atoms with E-state index >= 15 is 0 Å². The first-order chi connectivity index (χ1) is 12.7.